The normalized spacial score (nSPS) is 15.7. The van der Waals surface area contributed by atoms with Crippen LogP contribution in [0.5, 0.6) is 0 Å². The molecular formula is C26H24ClN3O. The number of rotatable bonds is 2. The SMILES string of the molecule is Cc1ccc(C2c3[nH]c4ccccc4c3CCN2C(=O)Nc2cc(Cl)ccc2C)cc1. The van der Waals surface area contributed by atoms with Gasteiger partial charge in [0.15, 0.2) is 0 Å². The molecule has 2 amide bonds. The number of hydrogen-bond donors (Lipinski definition) is 2. The summed E-state index contributed by atoms with van der Waals surface area (Å²) in [6, 6.07) is 22.0. The molecule has 0 radical (unpaired) electrons. The van der Waals surface area contributed by atoms with E-state index < -0.39 is 0 Å². The van der Waals surface area contributed by atoms with Crippen LogP contribution in [0.2, 0.25) is 5.02 Å². The third-order valence-electron chi connectivity index (χ3n) is 6.13. The number of urea groups is 1. The molecule has 0 bridgehead atoms. The number of para-hydroxylation sites is 1. The fourth-order valence-electron chi connectivity index (χ4n) is 4.47. The van der Waals surface area contributed by atoms with Crippen molar-refractivity contribution in [3.63, 3.8) is 0 Å². The average molecular weight is 430 g/mol. The number of fused-ring (bicyclic) bond motifs is 3. The fourth-order valence-corrected chi connectivity index (χ4v) is 4.64. The zero-order valence-corrected chi connectivity index (χ0v) is 18.3. The summed E-state index contributed by atoms with van der Waals surface area (Å²) in [4.78, 5) is 19.0. The summed E-state index contributed by atoms with van der Waals surface area (Å²) in [6.45, 7) is 4.68. The minimum absolute atomic E-state index is 0.125. The molecule has 0 spiro atoms. The molecule has 1 aliphatic heterocycles. The lowest BCUT2D eigenvalue weighted by Gasteiger charge is -2.36. The number of aromatic nitrogens is 1. The Morgan fingerprint density at radius 1 is 1.06 bits per heavy atom. The molecule has 5 heteroatoms. The first kappa shape index (κ1) is 19.7. The highest BCUT2D eigenvalue weighted by molar-refractivity contribution is 6.31. The van der Waals surface area contributed by atoms with Crippen molar-refractivity contribution in [1.29, 1.82) is 0 Å². The molecule has 1 atom stereocenters. The number of anilines is 1. The topological polar surface area (TPSA) is 48.1 Å². The lowest BCUT2D eigenvalue weighted by Crippen LogP contribution is -2.43. The molecule has 2 N–H and O–H groups in total. The van der Waals surface area contributed by atoms with Gasteiger partial charge in [0.25, 0.3) is 0 Å². The van der Waals surface area contributed by atoms with Gasteiger partial charge in [0, 0.05) is 33.9 Å². The molecule has 4 aromatic rings. The maximum Gasteiger partial charge on any atom is 0.322 e. The molecule has 2 heterocycles. The van der Waals surface area contributed by atoms with Crippen molar-refractivity contribution in [2.75, 3.05) is 11.9 Å². The van der Waals surface area contributed by atoms with E-state index in [0.717, 1.165) is 34.4 Å². The summed E-state index contributed by atoms with van der Waals surface area (Å²) >= 11 is 6.17. The first-order valence-electron chi connectivity index (χ1n) is 10.5. The second kappa shape index (κ2) is 7.78. The number of nitrogens with zero attached hydrogens (tertiary/aromatic N) is 1. The zero-order valence-electron chi connectivity index (χ0n) is 17.6. The summed E-state index contributed by atoms with van der Waals surface area (Å²) in [7, 11) is 0. The molecule has 1 aromatic heterocycles. The summed E-state index contributed by atoms with van der Waals surface area (Å²) in [6.07, 6.45) is 0.809. The van der Waals surface area contributed by atoms with E-state index in [9.17, 15) is 4.79 Å². The third-order valence-corrected chi connectivity index (χ3v) is 6.36. The Labute approximate surface area is 186 Å². The number of nitrogens with one attached hydrogen (secondary N) is 2. The molecule has 1 unspecified atom stereocenters. The van der Waals surface area contributed by atoms with Crippen LogP contribution in [0.25, 0.3) is 10.9 Å². The number of benzene rings is 3. The number of amides is 2. The molecule has 31 heavy (non-hydrogen) atoms. The van der Waals surface area contributed by atoms with Crippen LogP contribution < -0.4 is 5.32 Å². The Morgan fingerprint density at radius 2 is 1.84 bits per heavy atom. The highest BCUT2D eigenvalue weighted by Gasteiger charge is 2.34. The predicted octanol–water partition coefficient (Wildman–Crippen LogP) is 6.62. The third kappa shape index (κ3) is 3.57. The largest absolute Gasteiger partial charge is 0.356 e. The van der Waals surface area contributed by atoms with Crippen LogP contribution in [-0.4, -0.2) is 22.5 Å². The van der Waals surface area contributed by atoms with Crippen LogP contribution in [0.1, 0.15) is 34.0 Å². The lowest BCUT2D eigenvalue weighted by atomic mass is 9.92. The van der Waals surface area contributed by atoms with E-state index in [1.165, 1.54) is 16.5 Å². The van der Waals surface area contributed by atoms with Gasteiger partial charge in [-0.3, -0.25) is 0 Å². The minimum Gasteiger partial charge on any atom is -0.356 e. The highest BCUT2D eigenvalue weighted by atomic mass is 35.5. The molecule has 5 rings (SSSR count). The standard InChI is InChI=1S/C26H24ClN3O/c1-16-7-10-18(11-8-16)25-24-21(20-5-3-4-6-22(20)28-24)13-14-30(25)26(31)29-23-15-19(27)12-9-17(23)2/h3-12,15,25,28H,13-14H2,1-2H3,(H,29,31). The molecule has 0 aliphatic carbocycles. The molecule has 4 nitrogen and oxygen atoms in total. The van der Waals surface area contributed by atoms with Crippen molar-refractivity contribution in [2.45, 2.75) is 26.3 Å². The minimum atomic E-state index is -0.184. The summed E-state index contributed by atoms with van der Waals surface area (Å²) in [5, 5.41) is 4.93. The number of halogens is 1. The second-order valence-corrected chi connectivity index (χ2v) is 8.65. The van der Waals surface area contributed by atoms with Crippen molar-refractivity contribution < 1.29 is 4.79 Å². The molecule has 3 aromatic carbocycles. The van der Waals surface area contributed by atoms with E-state index in [2.05, 4.69) is 59.7 Å². The van der Waals surface area contributed by atoms with Crippen LogP contribution in [0.15, 0.2) is 66.7 Å². The van der Waals surface area contributed by atoms with Gasteiger partial charge in [0.05, 0.1) is 6.04 Å². The Kier molecular flexibility index (Phi) is 4.95. The number of hydrogen-bond acceptors (Lipinski definition) is 1. The van der Waals surface area contributed by atoms with Gasteiger partial charge in [-0.1, -0.05) is 65.7 Å². The zero-order chi connectivity index (χ0) is 21.5. The second-order valence-electron chi connectivity index (χ2n) is 8.21. The number of aromatic amines is 1. The van der Waals surface area contributed by atoms with Crippen molar-refractivity contribution in [3.05, 3.63) is 99.7 Å². The maximum atomic E-state index is 13.5. The Balaban J connectivity index is 1.58. The van der Waals surface area contributed by atoms with Crippen LogP contribution >= 0.6 is 11.6 Å². The van der Waals surface area contributed by atoms with E-state index in [-0.39, 0.29) is 12.1 Å². The number of carbonyl (C=O) groups excluding carboxylic acids is 1. The van der Waals surface area contributed by atoms with Crippen LogP contribution in [0.4, 0.5) is 10.5 Å². The van der Waals surface area contributed by atoms with Gasteiger partial charge in [-0.2, -0.15) is 0 Å². The predicted molar refractivity (Wildman–Crippen MR) is 127 cm³/mol. The first-order valence-corrected chi connectivity index (χ1v) is 10.9. The number of aryl methyl sites for hydroxylation is 2. The summed E-state index contributed by atoms with van der Waals surface area (Å²) in [5.74, 6) is 0. The van der Waals surface area contributed by atoms with Crippen LogP contribution in [-0.2, 0) is 6.42 Å². The van der Waals surface area contributed by atoms with Gasteiger partial charge in [0.2, 0.25) is 0 Å². The molecule has 1 aliphatic rings. The number of H-pyrrole nitrogens is 1. The lowest BCUT2D eigenvalue weighted by molar-refractivity contribution is 0.193. The smallest absolute Gasteiger partial charge is 0.322 e. The van der Waals surface area contributed by atoms with Crippen LogP contribution in [0.3, 0.4) is 0 Å². The van der Waals surface area contributed by atoms with Gasteiger partial charge in [-0.25, -0.2) is 4.79 Å². The van der Waals surface area contributed by atoms with E-state index in [1.54, 1.807) is 6.07 Å². The first-order chi connectivity index (χ1) is 15.0. The highest BCUT2D eigenvalue weighted by Crippen LogP contribution is 2.39. The van der Waals surface area contributed by atoms with Crippen molar-refractivity contribution in [3.8, 4) is 0 Å². The van der Waals surface area contributed by atoms with Crippen molar-refractivity contribution >= 4 is 34.2 Å². The maximum absolute atomic E-state index is 13.5. The Morgan fingerprint density at radius 3 is 2.65 bits per heavy atom. The van der Waals surface area contributed by atoms with Crippen molar-refractivity contribution in [2.24, 2.45) is 0 Å². The molecule has 0 fully saturated rings. The fraction of sp³-hybridized carbons (Fsp3) is 0.192. The van der Waals surface area contributed by atoms with Crippen LogP contribution in [0, 0.1) is 13.8 Å². The number of carbonyl (C=O) groups is 1. The van der Waals surface area contributed by atoms with Gasteiger partial charge in [-0.05, 0) is 55.2 Å². The van der Waals surface area contributed by atoms with Gasteiger partial charge >= 0.3 is 6.03 Å². The van der Waals surface area contributed by atoms with E-state index in [4.69, 9.17) is 11.6 Å². The summed E-state index contributed by atoms with van der Waals surface area (Å²) < 4.78 is 0. The van der Waals surface area contributed by atoms with Gasteiger partial charge in [0.1, 0.15) is 0 Å². The monoisotopic (exact) mass is 429 g/mol. The van der Waals surface area contributed by atoms with Gasteiger partial charge < -0.3 is 15.2 Å². The van der Waals surface area contributed by atoms with Crippen molar-refractivity contribution in [1.82, 2.24) is 9.88 Å². The molecular weight excluding hydrogens is 406 g/mol. The molecule has 0 saturated heterocycles. The Hall–Kier alpha value is -3.24. The molecule has 0 saturated carbocycles. The molecule has 156 valence electrons. The Bertz CT molecular complexity index is 1280. The average Bonchev–Trinajstić information content (AvgIpc) is 3.15. The van der Waals surface area contributed by atoms with Gasteiger partial charge in [-0.15, -0.1) is 0 Å². The quantitative estimate of drug-likeness (QED) is 0.369. The van der Waals surface area contributed by atoms with E-state index in [0.29, 0.717) is 11.6 Å². The van der Waals surface area contributed by atoms with E-state index in [1.807, 2.05) is 30.0 Å². The summed E-state index contributed by atoms with van der Waals surface area (Å²) in [5.41, 5.74) is 7.50. The van der Waals surface area contributed by atoms with E-state index >= 15 is 0 Å².